The summed E-state index contributed by atoms with van der Waals surface area (Å²) >= 11 is 6.29. The standard InChI is InChI=1S/C19H18ClN/c1-13-15(10-6-12-18(13)20)19(21-2)17-11-5-8-14-7-3-4-9-16(14)17/h3-12,19,21H,1-2H3. The van der Waals surface area contributed by atoms with Gasteiger partial charge in [0.05, 0.1) is 6.04 Å². The van der Waals surface area contributed by atoms with Gasteiger partial charge >= 0.3 is 0 Å². The van der Waals surface area contributed by atoms with E-state index in [0.29, 0.717) is 0 Å². The summed E-state index contributed by atoms with van der Waals surface area (Å²) in [6.45, 7) is 2.08. The molecule has 0 heterocycles. The quantitative estimate of drug-likeness (QED) is 0.708. The molecule has 0 fully saturated rings. The molecule has 1 unspecified atom stereocenters. The summed E-state index contributed by atoms with van der Waals surface area (Å²) in [6.07, 6.45) is 0. The molecule has 1 nitrogen and oxygen atoms in total. The summed E-state index contributed by atoms with van der Waals surface area (Å²) in [6, 6.07) is 21.2. The Balaban J connectivity index is 2.21. The molecule has 0 aliphatic rings. The number of rotatable bonds is 3. The number of benzene rings is 3. The van der Waals surface area contributed by atoms with Crippen LogP contribution in [0.15, 0.2) is 60.7 Å². The van der Waals surface area contributed by atoms with E-state index in [2.05, 4.69) is 60.8 Å². The monoisotopic (exact) mass is 295 g/mol. The van der Waals surface area contributed by atoms with E-state index in [1.165, 1.54) is 21.9 Å². The van der Waals surface area contributed by atoms with Crippen LogP contribution in [0.1, 0.15) is 22.7 Å². The number of halogens is 1. The van der Waals surface area contributed by atoms with Gasteiger partial charge in [-0.15, -0.1) is 0 Å². The molecule has 0 saturated carbocycles. The van der Waals surface area contributed by atoms with Gasteiger partial charge in [0.25, 0.3) is 0 Å². The second-order valence-corrected chi connectivity index (χ2v) is 5.65. The van der Waals surface area contributed by atoms with Crippen LogP contribution >= 0.6 is 11.6 Å². The van der Waals surface area contributed by atoms with E-state index in [9.17, 15) is 0 Å². The molecule has 1 atom stereocenters. The van der Waals surface area contributed by atoms with E-state index in [0.717, 1.165) is 10.6 Å². The predicted octanol–water partition coefficient (Wildman–Crippen LogP) is 5.11. The first-order valence-corrected chi connectivity index (χ1v) is 7.50. The topological polar surface area (TPSA) is 12.0 Å². The van der Waals surface area contributed by atoms with Crippen LogP contribution in [-0.4, -0.2) is 7.05 Å². The van der Waals surface area contributed by atoms with Crippen molar-refractivity contribution in [2.75, 3.05) is 7.05 Å². The molecule has 21 heavy (non-hydrogen) atoms. The van der Waals surface area contributed by atoms with Crippen molar-refractivity contribution in [3.63, 3.8) is 0 Å². The molecular weight excluding hydrogens is 278 g/mol. The average molecular weight is 296 g/mol. The van der Waals surface area contributed by atoms with Gasteiger partial charge < -0.3 is 5.32 Å². The van der Waals surface area contributed by atoms with Crippen molar-refractivity contribution >= 4 is 22.4 Å². The highest BCUT2D eigenvalue weighted by molar-refractivity contribution is 6.31. The first kappa shape index (κ1) is 14.1. The smallest absolute Gasteiger partial charge is 0.0583 e. The molecule has 0 aliphatic carbocycles. The highest BCUT2D eigenvalue weighted by atomic mass is 35.5. The molecule has 2 heteroatoms. The Morgan fingerprint density at radius 2 is 1.52 bits per heavy atom. The van der Waals surface area contributed by atoms with E-state index in [-0.39, 0.29) is 6.04 Å². The lowest BCUT2D eigenvalue weighted by atomic mass is 9.91. The number of hydrogen-bond donors (Lipinski definition) is 1. The Kier molecular flexibility index (Phi) is 3.96. The first-order valence-electron chi connectivity index (χ1n) is 7.12. The molecule has 1 N–H and O–H groups in total. The summed E-state index contributed by atoms with van der Waals surface area (Å²) in [4.78, 5) is 0. The first-order chi connectivity index (χ1) is 10.2. The van der Waals surface area contributed by atoms with Gasteiger partial charge in [-0.2, -0.15) is 0 Å². The van der Waals surface area contributed by atoms with Crippen LogP contribution in [0.3, 0.4) is 0 Å². The van der Waals surface area contributed by atoms with E-state index in [1.54, 1.807) is 0 Å². The van der Waals surface area contributed by atoms with Gasteiger partial charge in [-0.25, -0.2) is 0 Å². The Hall–Kier alpha value is -1.83. The van der Waals surface area contributed by atoms with Gasteiger partial charge in [0.15, 0.2) is 0 Å². The number of fused-ring (bicyclic) bond motifs is 1. The minimum absolute atomic E-state index is 0.134. The van der Waals surface area contributed by atoms with E-state index < -0.39 is 0 Å². The van der Waals surface area contributed by atoms with Gasteiger partial charge in [0.2, 0.25) is 0 Å². The Labute approximate surface area is 130 Å². The third-order valence-corrected chi connectivity index (χ3v) is 4.45. The summed E-state index contributed by atoms with van der Waals surface area (Å²) < 4.78 is 0. The lowest BCUT2D eigenvalue weighted by Crippen LogP contribution is -2.19. The maximum absolute atomic E-state index is 6.29. The molecule has 0 bridgehead atoms. The molecule has 0 aromatic heterocycles. The Morgan fingerprint density at radius 3 is 2.33 bits per heavy atom. The predicted molar refractivity (Wildman–Crippen MR) is 91.0 cm³/mol. The summed E-state index contributed by atoms with van der Waals surface area (Å²) in [5.41, 5.74) is 3.63. The van der Waals surface area contributed by atoms with E-state index in [1.807, 2.05) is 19.2 Å². The van der Waals surface area contributed by atoms with Crippen molar-refractivity contribution in [2.45, 2.75) is 13.0 Å². The van der Waals surface area contributed by atoms with Crippen LogP contribution in [0, 0.1) is 6.92 Å². The van der Waals surface area contributed by atoms with Crippen LogP contribution in [0.5, 0.6) is 0 Å². The molecule has 3 rings (SSSR count). The Morgan fingerprint density at radius 1 is 0.857 bits per heavy atom. The highest BCUT2D eigenvalue weighted by Crippen LogP contribution is 2.32. The van der Waals surface area contributed by atoms with Crippen molar-refractivity contribution in [3.05, 3.63) is 82.4 Å². The van der Waals surface area contributed by atoms with Crippen LogP contribution in [0.4, 0.5) is 0 Å². The van der Waals surface area contributed by atoms with Crippen molar-refractivity contribution < 1.29 is 0 Å². The van der Waals surface area contributed by atoms with Gasteiger partial charge in [0, 0.05) is 5.02 Å². The fourth-order valence-corrected chi connectivity index (χ4v) is 3.10. The summed E-state index contributed by atoms with van der Waals surface area (Å²) in [7, 11) is 1.99. The van der Waals surface area contributed by atoms with Crippen LogP contribution < -0.4 is 5.32 Å². The largest absolute Gasteiger partial charge is 0.309 e. The normalized spacial score (nSPS) is 12.5. The maximum Gasteiger partial charge on any atom is 0.0583 e. The van der Waals surface area contributed by atoms with Gasteiger partial charge in [0.1, 0.15) is 0 Å². The zero-order chi connectivity index (χ0) is 14.8. The van der Waals surface area contributed by atoms with Gasteiger partial charge in [-0.3, -0.25) is 0 Å². The summed E-state index contributed by atoms with van der Waals surface area (Å²) in [5.74, 6) is 0. The van der Waals surface area contributed by atoms with E-state index >= 15 is 0 Å². The number of nitrogens with one attached hydrogen (secondary N) is 1. The highest BCUT2D eigenvalue weighted by Gasteiger charge is 2.17. The minimum atomic E-state index is 0.134. The third-order valence-electron chi connectivity index (χ3n) is 4.04. The lowest BCUT2D eigenvalue weighted by molar-refractivity contribution is 0.692. The molecule has 0 saturated heterocycles. The second kappa shape index (κ2) is 5.88. The van der Waals surface area contributed by atoms with Crippen LogP contribution in [-0.2, 0) is 0 Å². The van der Waals surface area contributed by atoms with Crippen LogP contribution in [0.25, 0.3) is 10.8 Å². The summed E-state index contributed by atoms with van der Waals surface area (Å²) in [5, 5.41) is 6.78. The van der Waals surface area contributed by atoms with Crippen molar-refractivity contribution in [3.8, 4) is 0 Å². The van der Waals surface area contributed by atoms with Gasteiger partial charge in [-0.1, -0.05) is 66.2 Å². The average Bonchev–Trinajstić information content (AvgIpc) is 2.52. The lowest BCUT2D eigenvalue weighted by Gasteiger charge is -2.21. The van der Waals surface area contributed by atoms with Crippen LogP contribution in [0.2, 0.25) is 5.02 Å². The SMILES string of the molecule is CNC(c1cccc(Cl)c1C)c1cccc2ccccc12. The second-order valence-electron chi connectivity index (χ2n) is 5.24. The zero-order valence-corrected chi connectivity index (χ0v) is 13.0. The van der Waals surface area contributed by atoms with Crippen molar-refractivity contribution in [2.24, 2.45) is 0 Å². The molecule has 3 aromatic rings. The molecule has 0 aliphatic heterocycles. The van der Waals surface area contributed by atoms with Gasteiger partial charge in [-0.05, 0) is 47.5 Å². The fraction of sp³-hybridized carbons (Fsp3) is 0.158. The molecular formula is C19H18ClN. The van der Waals surface area contributed by atoms with Crippen molar-refractivity contribution in [1.29, 1.82) is 0 Å². The molecule has 0 radical (unpaired) electrons. The van der Waals surface area contributed by atoms with Crippen molar-refractivity contribution in [1.82, 2.24) is 5.32 Å². The fourth-order valence-electron chi connectivity index (χ4n) is 2.92. The number of hydrogen-bond acceptors (Lipinski definition) is 1. The van der Waals surface area contributed by atoms with E-state index in [4.69, 9.17) is 11.6 Å². The Bertz CT molecular complexity index is 774. The zero-order valence-electron chi connectivity index (χ0n) is 12.2. The molecule has 0 amide bonds. The third kappa shape index (κ3) is 2.55. The minimum Gasteiger partial charge on any atom is -0.309 e. The maximum atomic E-state index is 6.29. The molecule has 0 spiro atoms. The molecule has 3 aromatic carbocycles. The molecule has 106 valence electrons.